The highest BCUT2D eigenvalue weighted by Crippen LogP contribution is 2.62. The van der Waals surface area contributed by atoms with E-state index in [2.05, 4.69) is 146 Å². The summed E-state index contributed by atoms with van der Waals surface area (Å²) in [5, 5.41) is 0. The van der Waals surface area contributed by atoms with Crippen molar-refractivity contribution in [2.24, 2.45) is 0 Å². The highest BCUT2D eigenvalue weighted by Gasteiger charge is 2.49. The van der Waals surface area contributed by atoms with E-state index in [-0.39, 0.29) is 0 Å². The number of hydrogen-bond donors (Lipinski definition) is 0. The number of fused-ring (bicyclic) bond motifs is 8. The molecule has 8 rings (SSSR count). The van der Waals surface area contributed by atoms with Gasteiger partial charge in [0.15, 0.2) is 0 Å². The number of hydrogen-bond acceptors (Lipinski definition) is 2. The van der Waals surface area contributed by atoms with E-state index in [0.29, 0.717) is 0 Å². The monoisotopic (exact) mass is 532 g/mol. The second kappa shape index (κ2) is 9.05. The normalized spacial score (nSPS) is 16.6. The molecular formula is C37H24S2. The minimum absolute atomic E-state index is 0.394. The lowest BCUT2D eigenvalue weighted by Crippen LogP contribution is -2.36. The van der Waals surface area contributed by atoms with Crippen LogP contribution in [0.5, 0.6) is 0 Å². The quantitative estimate of drug-likeness (QED) is 0.217. The zero-order valence-electron chi connectivity index (χ0n) is 21.2. The Hall–Kier alpha value is -3.98. The van der Waals surface area contributed by atoms with Crippen LogP contribution in [-0.4, -0.2) is 0 Å². The van der Waals surface area contributed by atoms with E-state index in [4.69, 9.17) is 0 Å². The van der Waals surface area contributed by atoms with Crippen LogP contribution in [0.4, 0.5) is 0 Å². The molecule has 2 heterocycles. The Bertz CT molecular complexity index is 1840. The lowest BCUT2D eigenvalue weighted by atomic mass is 9.64. The molecule has 0 aromatic heterocycles. The van der Waals surface area contributed by atoms with Gasteiger partial charge in [-0.05, 0) is 62.7 Å². The summed E-state index contributed by atoms with van der Waals surface area (Å²) in [5.41, 5.74) is 10.1. The molecular weight excluding hydrogens is 509 g/mol. The van der Waals surface area contributed by atoms with Gasteiger partial charge in [0.25, 0.3) is 0 Å². The Morgan fingerprint density at radius 3 is 1.64 bits per heavy atom. The van der Waals surface area contributed by atoms with Crippen molar-refractivity contribution in [3.05, 3.63) is 168 Å². The Morgan fingerprint density at radius 1 is 0.359 bits per heavy atom. The molecule has 2 heteroatoms. The number of benzene rings is 6. The lowest BCUT2D eigenvalue weighted by molar-refractivity contribution is 0.668. The van der Waals surface area contributed by atoms with Crippen molar-refractivity contribution in [2.45, 2.75) is 25.0 Å². The molecule has 0 N–H and O–H groups in total. The van der Waals surface area contributed by atoms with Crippen LogP contribution in [0.3, 0.4) is 0 Å². The molecule has 0 nitrogen and oxygen atoms in total. The summed E-state index contributed by atoms with van der Waals surface area (Å²) in [4.78, 5) is 5.33. The van der Waals surface area contributed by atoms with Gasteiger partial charge in [-0.15, -0.1) is 0 Å². The number of rotatable bonds is 2. The lowest BCUT2D eigenvalue weighted by Gasteiger charge is -2.46. The standard InChI is InChI=1S/C37H24S2/c1-3-12-25(13-4-1)27-22-23-31-35(24-27)38-33-20-9-7-17-29(33)37(31)30-18-8-10-21-34(30)39-36-28(16-11-19-32(36)37)26-14-5-2-6-15-26/h1-24H. The molecule has 0 bridgehead atoms. The van der Waals surface area contributed by atoms with E-state index in [0.717, 1.165) is 0 Å². The van der Waals surface area contributed by atoms with Gasteiger partial charge in [-0.3, -0.25) is 0 Å². The molecule has 2 aliphatic heterocycles. The van der Waals surface area contributed by atoms with E-state index >= 15 is 0 Å². The zero-order chi connectivity index (χ0) is 25.8. The summed E-state index contributed by atoms with van der Waals surface area (Å²) >= 11 is 3.82. The van der Waals surface area contributed by atoms with Crippen LogP contribution in [-0.2, 0) is 5.41 Å². The largest absolute Gasteiger partial charge is 0.0894 e. The summed E-state index contributed by atoms with van der Waals surface area (Å²) in [5.74, 6) is 0. The van der Waals surface area contributed by atoms with Crippen LogP contribution in [0.15, 0.2) is 165 Å². The van der Waals surface area contributed by atoms with E-state index in [1.165, 1.54) is 64.1 Å². The summed E-state index contributed by atoms with van der Waals surface area (Å²) < 4.78 is 0. The third-order valence-electron chi connectivity index (χ3n) is 8.01. The third-order valence-corrected chi connectivity index (χ3v) is 10.4. The molecule has 0 aliphatic carbocycles. The van der Waals surface area contributed by atoms with Crippen molar-refractivity contribution in [3.63, 3.8) is 0 Å². The van der Waals surface area contributed by atoms with Crippen LogP contribution < -0.4 is 0 Å². The fourth-order valence-electron chi connectivity index (χ4n) is 6.34. The van der Waals surface area contributed by atoms with Gasteiger partial charge in [0.1, 0.15) is 0 Å². The van der Waals surface area contributed by atoms with Gasteiger partial charge < -0.3 is 0 Å². The fourth-order valence-corrected chi connectivity index (χ4v) is 8.90. The highest BCUT2D eigenvalue weighted by molar-refractivity contribution is 8.00. The smallest absolute Gasteiger partial charge is 0.0745 e. The molecule has 6 aromatic carbocycles. The van der Waals surface area contributed by atoms with Crippen molar-refractivity contribution in [2.75, 3.05) is 0 Å². The van der Waals surface area contributed by atoms with Gasteiger partial charge in [0.05, 0.1) is 5.41 Å². The topological polar surface area (TPSA) is 0 Å². The van der Waals surface area contributed by atoms with Crippen molar-refractivity contribution >= 4 is 23.5 Å². The maximum absolute atomic E-state index is 2.40. The first-order chi connectivity index (χ1) is 19.3. The first-order valence-corrected chi connectivity index (χ1v) is 14.9. The maximum Gasteiger partial charge on any atom is 0.0745 e. The molecule has 0 fully saturated rings. The van der Waals surface area contributed by atoms with Crippen LogP contribution >= 0.6 is 23.5 Å². The molecule has 2 aliphatic rings. The molecule has 6 aromatic rings. The first-order valence-electron chi connectivity index (χ1n) is 13.3. The Labute approximate surface area is 237 Å². The summed E-state index contributed by atoms with van der Waals surface area (Å²) in [6.45, 7) is 0. The minimum Gasteiger partial charge on any atom is -0.0894 e. The molecule has 1 atom stereocenters. The second-order valence-electron chi connectivity index (χ2n) is 10.1. The van der Waals surface area contributed by atoms with Gasteiger partial charge in [-0.2, -0.15) is 0 Å². The van der Waals surface area contributed by atoms with Gasteiger partial charge in [-0.25, -0.2) is 0 Å². The molecule has 0 saturated carbocycles. The van der Waals surface area contributed by atoms with Gasteiger partial charge in [-0.1, -0.05) is 151 Å². The molecule has 1 spiro atoms. The molecule has 0 saturated heterocycles. The first kappa shape index (κ1) is 23.0. The SMILES string of the molecule is c1ccc(-c2ccc3c(c2)Sc2ccccc2C32c3ccccc3Sc3c(-c4ccccc4)cccc32)cc1. The molecule has 39 heavy (non-hydrogen) atoms. The van der Waals surface area contributed by atoms with Crippen molar-refractivity contribution in [1.29, 1.82) is 0 Å². The van der Waals surface area contributed by atoms with Gasteiger partial charge >= 0.3 is 0 Å². The van der Waals surface area contributed by atoms with Crippen molar-refractivity contribution in [3.8, 4) is 22.3 Å². The predicted molar refractivity (Wildman–Crippen MR) is 164 cm³/mol. The van der Waals surface area contributed by atoms with Crippen LogP contribution in [0.25, 0.3) is 22.3 Å². The summed E-state index contributed by atoms with van der Waals surface area (Å²) in [7, 11) is 0. The average molecular weight is 533 g/mol. The van der Waals surface area contributed by atoms with E-state index in [1.54, 1.807) is 0 Å². The Kier molecular flexibility index (Phi) is 5.33. The fraction of sp³-hybridized carbons (Fsp3) is 0.0270. The van der Waals surface area contributed by atoms with E-state index in [9.17, 15) is 0 Å². The van der Waals surface area contributed by atoms with Crippen molar-refractivity contribution in [1.82, 2.24) is 0 Å². The molecule has 1 unspecified atom stereocenters. The summed E-state index contributed by atoms with van der Waals surface area (Å²) in [6, 6.07) is 53.6. The molecule has 0 radical (unpaired) electrons. The van der Waals surface area contributed by atoms with Gasteiger partial charge in [0, 0.05) is 19.6 Å². The van der Waals surface area contributed by atoms with Crippen LogP contribution in [0.2, 0.25) is 0 Å². The highest BCUT2D eigenvalue weighted by atomic mass is 32.2. The third kappa shape index (κ3) is 3.42. The van der Waals surface area contributed by atoms with E-state index < -0.39 is 5.41 Å². The second-order valence-corrected chi connectivity index (χ2v) is 12.2. The Morgan fingerprint density at radius 2 is 0.923 bits per heavy atom. The van der Waals surface area contributed by atoms with Gasteiger partial charge in [0.2, 0.25) is 0 Å². The Balaban J connectivity index is 1.49. The van der Waals surface area contributed by atoms with E-state index in [1.807, 2.05) is 23.5 Å². The summed E-state index contributed by atoms with van der Waals surface area (Å²) in [6.07, 6.45) is 0. The average Bonchev–Trinajstić information content (AvgIpc) is 3.01. The minimum atomic E-state index is -0.394. The van der Waals surface area contributed by atoms with Crippen LogP contribution in [0, 0.1) is 0 Å². The predicted octanol–water partition coefficient (Wildman–Crippen LogP) is 10.3. The van der Waals surface area contributed by atoms with Crippen LogP contribution in [0.1, 0.15) is 22.3 Å². The maximum atomic E-state index is 2.40. The molecule has 184 valence electrons. The molecule has 0 amide bonds. The van der Waals surface area contributed by atoms with Crippen molar-refractivity contribution < 1.29 is 0 Å². The zero-order valence-corrected chi connectivity index (χ0v) is 22.8.